The zero-order chi connectivity index (χ0) is 18.2. The van der Waals surface area contributed by atoms with Crippen molar-refractivity contribution in [3.8, 4) is 0 Å². The van der Waals surface area contributed by atoms with Gasteiger partial charge in [-0.15, -0.1) is 0 Å². The average Bonchev–Trinajstić information content (AvgIpc) is 2.69. The van der Waals surface area contributed by atoms with Crippen molar-refractivity contribution in [1.29, 1.82) is 0 Å². The van der Waals surface area contributed by atoms with Gasteiger partial charge in [-0.3, -0.25) is 9.78 Å². The van der Waals surface area contributed by atoms with Gasteiger partial charge in [0.25, 0.3) is 0 Å². The molecule has 0 radical (unpaired) electrons. The van der Waals surface area contributed by atoms with Crippen LogP contribution < -0.4 is 10.2 Å². The molecule has 142 valence electrons. The molecule has 0 aromatic carbocycles. The van der Waals surface area contributed by atoms with E-state index in [4.69, 9.17) is 9.47 Å². The molecule has 0 atom stereocenters. The first-order valence-corrected chi connectivity index (χ1v) is 9.19. The number of esters is 1. The highest BCUT2D eigenvalue weighted by Crippen LogP contribution is 2.15. The largest absolute Gasteiger partial charge is 0.417 e. The Balaban J connectivity index is 1.34. The van der Waals surface area contributed by atoms with E-state index in [1.54, 1.807) is 17.3 Å². The van der Waals surface area contributed by atoms with E-state index in [1.165, 1.54) is 0 Å². The molecule has 8 heteroatoms. The van der Waals surface area contributed by atoms with Crippen LogP contribution in [0.1, 0.15) is 19.3 Å². The summed E-state index contributed by atoms with van der Waals surface area (Å²) in [5.74, 6) is -0.527. The summed E-state index contributed by atoms with van der Waals surface area (Å²) >= 11 is 0. The Kier molecular flexibility index (Phi) is 6.79. The quantitative estimate of drug-likeness (QED) is 0.618. The summed E-state index contributed by atoms with van der Waals surface area (Å²) in [6.07, 6.45) is 5.14. The highest BCUT2D eigenvalue weighted by atomic mass is 16.6. The Morgan fingerprint density at radius 1 is 1.12 bits per heavy atom. The van der Waals surface area contributed by atoms with Crippen LogP contribution >= 0.6 is 0 Å². The van der Waals surface area contributed by atoms with E-state index < -0.39 is 12.1 Å². The van der Waals surface area contributed by atoms with Crippen molar-refractivity contribution in [2.45, 2.75) is 25.4 Å². The maximum Gasteiger partial charge on any atom is 0.417 e. The fourth-order valence-corrected chi connectivity index (χ4v) is 3.19. The molecule has 26 heavy (non-hydrogen) atoms. The van der Waals surface area contributed by atoms with Gasteiger partial charge in [0, 0.05) is 44.3 Å². The third-order valence-electron chi connectivity index (χ3n) is 4.71. The van der Waals surface area contributed by atoms with E-state index in [0.29, 0.717) is 32.8 Å². The van der Waals surface area contributed by atoms with Gasteiger partial charge < -0.3 is 24.6 Å². The SMILES string of the molecule is O=C(CCOC1CCNCC1)OC(=O)N1CCN(c2ccncc2)CC1. The highest BCUT2D eigenvalue weighted by Gasteiger charge is 2.24. The van der Waals surface area contributed by atoms with E-state index in [2.05, 4.69) is 15.2 Å². The van der Waals surface area contributed by atoms with Crippen molar-refractivity contribution in [3.63, 3.8) is 0 Å². The second-order valence-electron chi connectivity index (χ2n) is 6.49. The normalized spacial score (nSPS) is 18.6. The van der Waals surface area contributed by atoms with Gasteiger partial charge in [0.15, 0.2) is 0 Å². The Labute approximate surface area is 153 Å². The molecule has 1 aromatic rings. The number of anilines is 1. The predicted octanol–water partition coefficient (Wildman–Crippen LogP) is 1.03. The summed E-state index contributed by atoms with van der Waals surface area (Å²) in [5, 5.41) is 3.26. The Morgan fingerprint density at radius 3 is 2.50 bits per heavy atom. The van der Waals surface area contributed by atoms with Gasteiger partial charge in [-0.05, 0) is 38.1 Å². The fourth-order valence-electron chi connectivity index (χ4n) is 3.19. The summed E-state index contributed by atoms with van der Waals surface area (Å²) < 4.78 is 10.6. The maximum atomic E-state index is 12.1. The Hall–Kier alpha value is -2.19. The number of carbonyl (C=O) groups excluding carboxylic acids is 2. The van der Waals surface area contributed by atoms with Crippen molar-refractivity contribution >= 4 is 17.7 Å². The lowest BCUT2D eigenvalue weighted by Crippen LogP contribution is -2.49. The first kappa shape index (κ1) is 18.6. The van der Waals surface area contributed by atoms with Crippen LogP contribution in [-0.2, 0) is 14.3 Å². The number of piperazine rings is 1. The van der Waals surface area contributed by atoms with Crippen LogP contribution in [0.4, 0.5) is 10.5 Å². The maximum absolute atomic E-state index is 12.1. The van der Waals surface area contributed by atoms with Crippen molar-refractivity contribution in [2.24, 2.45) is 0 Å². The molecule has 1 aromatic heterocycles. The molecular weight excluding hydrogens is 336 g/mol. The van der Waals surface area contributed by atoms with E-state index >= 15 is 0 Å². The zero-order valence-electron chi connectivity index (χ0n) is 14.9. The van der Waals surface area contributed by atoms with Crippen LogP contribution in [0.2, 0.25) is 0 Å². The van der Waals surface area contributed by atoms with Crippen LogP contribution in [-0.4, -0.2) is 73.9 Å². The highest BCUT2D eigenvalue weighted by molar-refractivity contribution is 5.84. The second-order valence-corrected chi connectivity index (χ2v) is 6.49. The van der Waals surface area contributed by atoms with Crippen LogP contribution in [0, 0.1) is 0 Å². The lowest BCUT2D eigenvalue weighted by molar-refractivity contribution is -0.140. The second kappa shape index (κ2) is 9.49. The predicted molar refractivity (Wildman–Crippen MR) is 96.0 cm³/mol. The molecule has 3 heterocycles. The molecule has 1 amide bonds. The Morgan fingerprint density at radius 2 is 1.81 bits per heavy atom. The first-order valence-electron chi connectivity index (χ1n) is 9.19. The summed E-state index contributed by atoms with van der Waals surface area (Å²) in [6.45, 7) is 4.64. The van der Waals surface area contributed by atoms with Gasteiger partial charge in [0.05, 0.1) is 19.1 Å². The number of piperidine rings is 1. The van der Waals surface area contributed by atoms with Crippen molar-refractivity contribution in [2.75, 3.05) is 50.8 Å². The van der Waals surface area contributed by atoms with E-state index in [9.17, 15) is 9.59 Å². The summed E-state index contributed by atoms with van der Waals surface area (Å²) in [4.78, 5) is 31.7. The molecule has 8 nitrogen and oxygen atoms in total. The van der Waals surface area contributed by atoms with Gasteiger partial charge >= 0.3 is 12.1 Å². The lowest BCUT2D eigenvalue weighted by atomic mass is 10.1. The van der Waals surface area contributed by atoms with Crippen molar-refractivity contribution in [1.82, 2.24) is 15.2 Å². The molecule has 0 bridgehead atoms. The molecular formula is C18H26N4O4. The molecule has 2 saturated heterocycles. The van der Waals surface area contributed by atoms with Crippen LogP contribution in [0.3, 0.4) is 0 Å². The first-order chi connectivity index (χ1) is 12.7. The molecule has 0 spiro atoms. The fraction of sp³-hybridized carbons (Fsp3) is 0.611. The molecule has 2 aliphatic rings. The van der Waals surface area contributed by atoms with Crippen LogP contribution in [0.25, 0.3) is 0 Å². The lowest BCUT2D eigenvalue weighted by Gasteiger charge is -2.35. The molecule has 2 aliphatic heterocycles. The number of rotatable bonds is 5. The Bertz CT molecular complexity index is 584. The number of nitrogens with zero attached hydrogens (tertiary/aromatic N) is 3. The van der Waals surface area contributed by atoms with E-state index in [-0.39, 0.29) is 12.5 Å². The summed E-state index contributed by atoms with van der Waals surface area (Å²) in [5.41, 5.74) is 1.08. The number of hydrogen-bond acceptors (Lipinski definition) is 7. The molecule has 0 saturated carbocycles. The molecule has 3 rings (SSSR count). The number of aromatic nitrogens is 1. The number of hydrogen-bond donors (Lipinski definition) is 1. The number of nitrogens with one attached hydrogen (secondary N) is 1. The minimum Gasteiger partial charge on any atom is -0.378 e. The van der Waals surface area contributed by atoms with Gasteiger partial charge in [-0.1, -0.05) is 0 Å². The van der Waals surface area contributed by atoms with Gasteiger partial charge in [0.2, 0.25) is 0 Å². The average molecular weight is 362 g/mol. The number of pyridine rings is 1. The van der Waals surface area contributed by atoms with E-state index in [0.717, 1.165) is 31.6 Å². The molecule has 1 N–H and O–H groups in total. The van der Waals surface area contributed by atoms with Gasteiger partial charge in [-0.2, -0.15) is 0 Å². The third kappa shape index (κ3) is 5.40. The molecule has 2 fully saturated rings. The minimum absolute atomic E-state index is 0.104. The number of carbonyl (C=O) groups is 2. The summed E-state index contributed by atoms with van der Waals surface area (Å²) in [6, 6.07) is 3.89. The molecule has 0 aliphatic carbocycles. The monoisotopic (exact) mass is 362 g/mol. The topological polar surface area (TPSA) is 84.0 Å². The van der Waals surface area contributed by atoms with Crippen LogP contribution in [0.5, 0.6) is 0 Å². The summed E-state index contributed by atoms with van der Waals surface area (Å²) in [7, 11) is 0. The third-order valence-corrected chi connectivity index (χ3v) is 4.71. The molecule has 0 unspecified atom stereocenters. The van der Waals surface area contributed by atoms with Crippen LogP contribution in [0.15, 0.2) is 24.5 Å². The van der Waals surface area contributed by atoms with Gasteiger partial charge in [-0.25, -0.2) is 4.79 Å². The van der Waals surface area contributed by atoms with E-state index in [1.807, 2.05) is 12.1 Å². The number of ether oxygens (including phenoxy) is 2. The number of amides is 1. The van der Waals surface area contributed by atoms with Crippen molar-refractivity contribution in [3.05, 3.63) is 24.5 Å². The zero-order valence-corrected chi connectivity index (χ0v) is 14.9. The smallest absolute Gasteiger partial charge is 0.378 e. The van der Waals surface area contributed by atoms with Gasteiger partial charge in [0.1, 0.15) is 0 Å². The minimum atomic E-state index is -0.564. The van der Waals surface area contributed by atoms with Crippen molar-refractivity contribution < 1.29 is 19.1 Å². The standard InChI is InChI=1S/C18H26N4O4/c23-17(5-14-25-16-3-8-20-9-4-16)26-18(24)22-12-10-21(11-13-22)15-1-6-19-7-2-15/h1-2,6-7,16,20H,3-5,8-14H2.